The number of nitriles is 1. The molecule has 1 aliphatic heterocycles. The van der Waals surface area contributed by atoms with Gasteiger partial charge in [0, 0.05) is 12.2 Å². The largest absolute Gasteiger partial charge is 0.493 e. The number of aromatic nitrogens is 1. The van der Waals surface area contributed by atoms with E-state index < -0.39 is 5.56 Å². The second-order valence-corrected chi connectivity index (χ2v) is 7.09. The lowest BCUT2D eigenvalue weighted by Gasteiger charge is -2.17. The van der Waals surface area contributed by atoms with E-state index in [1.165, 1.54) is 4.57 Å². The summed E-state index contributed by atoms with van der Waals surface area (Å²) in [4.78, 5) is 13.1. The normalized spacial score (nSPS) is 16.6. The Balaban J connectivity index is 2.11. The van der Waals surface area contributed by atoms with Crippen LogP contribution in [0.15, 0.2) is 33.2 Å². The fourth-order valence-electron chi connectivity index (χ4n) is 3.58. The van der Waals surface area contributed by atoms with E-state index in [9.17, 15) is 15.2 Å². The summed E-state index contributed by atoms with van der Waals surface area (Å²) in [5, 5.41) is 28.5. The summed E-state index contributed by atoms with van der Waals surface area (Å²) in [5.74, 6) is -0.329. The Bertz CT molecular complexity index is 992. The number of hydrogen-bond acceptors (Lipinski definition) is 6. The highest BCUT2D eigenvalue weighted by molar-refractivity contribution is 5.57. The fraction of sp³-hybridized carbons (Fsp3) is 0.429. The first-order valence-electron chi connectivity index (χ1n) is 9.45. The van der Waals surface area contributed by atoms with E-state index in [2.05, 4.69) is 10.2 Å². The molecule has 1 unspecified atom stereocenters. The van der Waals surface area contributed by atoms with Crippen LogP contribution < -0.4 is 5.56 Å². The van der Waals surface area contributed by atoms with Crippen molar-refractivity contribution in [1.82, 2.24) is 4.57 Å². The van der Waals surface area contributed by atoms with Gasteiger partial charge < -0.3 is 9.84 Å². The van der Waals surface area contributed by atoms with E-state index in [4.69, 9.17) is 4.74 Å². The number of benzene rings is 1. The third-order valence-electron chi connectivity index (χ3n) is 4.86. The highest BCUT2D eigenvalue weighted by atomic mass is 16.5. The molecule has 28 heavy (non-hydrogen) atoms. The van der Waals surface area contributed by atoms with Crippen LogP contribution in [0.3, 0.4) is 0 Å². The first-order chi connectivity index (χ1) is 13.4. The molecule has 0 spiro atoms. The second-order valence-electron chi connectivity index (χ2n) is 7.09. The van der Waals surface area contributed by atoms with Crippen LogP contribution in [0.4, 0.5) is 11.4 Å². The van der Waals surface area contributed by atoms with Crippen molar-refractivity contribution in [2.75, 3.05) is 6.61 Å². The molecule has 0 radical (unpaired) electrons. The highest BCUT2D eigenvalue weighted by Crippen LogP contribution is 2.29. The van der Waals surface area contributed by atoms with Crippen molar-refractivity contribution in [3.63, 3.8) is 0 Å². The van der Waals surface area contributed by atoms with Gasteiger partial charge in [-0.25, -0.2) is 0 Å². The zero-order valence-corrected chi connectivity index (χ0v) is 16.4. The molecule has 0 aliphatic carbocycles. The summed E-state index contributed by atoms with van der Waals surface area (Å²) in [6, 6.07) is 7.79. The third kappa shape index (κ3) is 3.97. The Kier molecular flexibility index (Phi) is 5.90. The molecule has 0 amide bonds. The molecular formula is C21H24N4O3. The molecule has 0 bridgehead atoms. The molecule has 0 saturated carbocycles. The van der Waals surface area contributed by atoms with E-state index in [1.807, 2.05) is 45.0 Å². The molecule has 1 atom stereocenters. The molecule has 1 aromatic carbocycles. The van der Waals surface area contributed by atoms with Gasteiger partial charge in [-0.1, -0.05) is 13.0 Å². The summed E-state index contributed by atoms with van der Waals surface area (Å²) in [6.07, 6.45) is 1.94. The molecule has 1 aromatic heterocycles. The minimum Gasteiger partial charge on any atom is -0.493 e. The molecule has 1 saturated heterocycles. The van der Waals surface area contributed by atoms with Gasteiger partial charge in [0.2, 0.25) is 5.88 Å². The van der Waals surface area contributed by atoms with Crippen molar-refractivity contribution >= 4 is 11.4 Å². The highest BCUT2D eigenvalue weighted by Gasteiger charge is 2.24. The minimum atomic E-state index is -0.461. The van der Waals surface area contributed by atoms with Crippen LogP contribution in [0.1, 0.15) is 42.0 Å². The second kappa shape index (κ2) is 8.36. The number of nitrogens with zero attached hydrogens (tertiary/aromatic N) is 4. The van der Waals surface area contributed by atoms with Crippen molar-refractivity contribution in [2.24, 2.45) is 10.2 Å². The Morgan fingerprint density at radius 1 is 1.29 bits per heavy atom. The molecule has 2 aromatic rings. The number of aromatic hydroxyl groups is 1. The zero-order chi connectivity index (χ0) is 20.3. The number of ether oxygens (including phenoxy) is 1. The number of hydrogen-bond donors (Lipinski definition) is 1. The predicted molar refractivity (Wildman–Crippen MR) is 106 cm³/mol. The van der Waals surface area contributed by atoms with Gasteiger partial charge in [-0.05, 0) is 56.4 Å². The molecule has 7 nitrogen and oxygen atoms in total. The topological polar surface area (TPSA) is 100.0 Å². The van der Waals surface area contributed by atoms with Crippen molar-refractivity contribution < 1.29 is 9.84 Å². The van der Waals surface area contributed by atoms with Gasteiger partial charge in [-0.15, -0.1) is 5.11 Å². The maximum atomic E-state index is 13.1. The number of rotatable bonds is 5. The van der Waals surface area contributed by atoms with Crippen molar-refractivity contribution in [1.29, 1.82) is 5.26 Å². The Morgan fingerprint density at radius 2 is 2.00 bits per heavy atom. The van der Waals surface area contributed by atoms with Gasteiger partial charge in [0.25, 0.3) is 5.56 Å². The van der Waals surface area contributed by atoms with Crippen LogP contribution in [0.5, 0.6) is 5.88 Å². The quantitative estimate of drug-likeness (QED) is 0.786. The molecule has 3 rings (SSSR count). The van der Waals surface area contributed by atoms with E-state index in [-0.39, 0.29) is 29.8 Å². The van der Waals surface area contributed by atoms with Gasteiger partial charge in [-0.2, -0.15) is 10.4 Å². The van der Waals surface area contributed by atoms with Gasteiger partial charge in [-0.3, -0.25) is 9.36 Å². The smallest absolute Gasteiger partial charge is 0.281 e. The predicted octanol–water partition coefficient (Wildman–Crippen LogP) is 4.20. The molecule has 7 heteroatoms. The molecule has 1 fully saturated rings. The maximum Gasteiger partial charge on any atom is 0.281 e. The van der Waals surface area contributed by atoms with Crippen LogP contribution in [-0.2, 0) is 17.7 Å². The Morgan fingerprint density at radius 3 is 2.57 bits per heavy atom. The summed E-state index contributed by atoms with van der Waals surface area (Å²) >= 11 is 0. The van der Waals surface area contributed by atoms with E-state index in [1.54, 1.807) is 0 Å². The van der Waals surface area contributed by atoms with Crippen molar-refractivity contribution in [2.45, 2.75) is 52.7 Å². The van der Waals surface area contributed by atoms with E-state index in [0.29, 0.717) is 24.3 Å². The van der Waals surface area contributed by atoms with E-state index in [0.717, 1.165) is 24.0 Å². The van der Waals surface area contributed by atoms with Gasteiger partial charge in [0.05, 0.1) is 18.3 Å². The van der Waals surface area contributed by atoms with Crippen LogP contribution in [-0.4, -0.2) is 22.4 Å². The first kappa shape index (κ1) is 19.8. The van der Waals surface area contributed by atoms with E-state index >= 15 is 0 Å². The van der Waals surface area contributed by atoms with Crippen molar-refractivity contribution in [3.05, 3.63) is 50.8 Å². The Labute approximate surface area is 163 Å². The monoisotopic (exact) mass is 380 g/mol. The molecule has 1 N–H and O–H groups in total. The SMILES string of the molecule is CCc1c(C#N)c(O)n(CC2CCCO2)c(=O)c1N=Nc1cc(C)cc(C)c1. The number of pyridine rings is 1. The standard InChI is InChI=1S/C21H24N4O3/c1-4-17-18(11-22)20(26)25(12-16-6-5-7-28-16)21(27)19(17)24-23-15-9-13(2)8-14(3)10-15/h8-10,16,26H,4-7,12H2,1-3H3. The van der Waals surface area contributed by atoms with Gasteiger partial charge >= 0.3 is 0 Å². The number of aryl methyl sites for hydroxylation is 2. The fourth-order valence-corrected chi connectivity index (χ4v) is 3.58. The van der Waals surface area contributed by atoms with Gasteiger partial charge in [0.15, 0.2) is 5.69 Å². The molecule has 146 valence electrons. The first-order valence-corrected chi connectivity index (χ1v) is 9.45. The lowest BCUT2D eigenvalue weighted by Crippen LogP contribution is -2.27. The molecular weight excluding hydrogens is 356 g/mol. The van der Waals surface area contributed by atoms with Crippen LogP contribution >= 0.6 is 0 Å². The summed E-state index contributed by atoms with van der Waals surface area (Å²) in [6.45, 7) is 6.57. The average Bonchev–Trinajstić information content (AvgIpc) is 3.16. The summed E-state index contributed by atoms with van der Waals surface area (Å²) in [7, 11) is 0. The molecule has 1 aliphatic rings. The maximum absolute atomic E-state index is 13.1. The lowest BCUT2D eigenvalue weighted by molar-refractivity contribution is 0.0939. The number of azo groups is 1. The van der Waals surface area contributed by atoms with Crippen LogP contribution in [0, 0.1) is 25.2 Å². The summed E-state index contributed by atoms with van der Waals surface area (Å²) < 4.78 is 6.77. The lowest BCUT2D eigenvalue weighted by atomic mass is 10.1. The van der Waals surface area contributed by atoms with Crippen LogP contribution in [0.2, 0.25) is 0 Å². The van der Waals surface area contributed by atoms with Crippen molar-refractivity contribution in [3.8, 4) is 11.9 Å². The zero-order valence-electron chi connectivity index (χ0n) is 16.4. The third-order valence-corrected chi connectivity index (χ3v) is 4.86. The summed E-state index contributed by atoms with van der Waals surface area (Å²) in [5.41, 5.74) is 2.83. The van der Waals surface area contributed by atoms with Gasteiger partial charge in [0.1, 0.15) is 11.6 Å². The average molecular weight is 380 g/mol. The van der Waals surface area contributed by atoms with Crippen LogP contribution in [0.25, 0.3) is 0 Å². The minimum absolute atomic E-state index is 0.0643. The Hall–Kier alpha value is -2.98. The molecule has 2 heterocycles.